The van der Waals surface area contributed by atoms with Gasteiger partial charge in [-0.15, -0.1) is 0 Å². The van der Waals surface area contributed by atoms with E-state index in [9.17, 15) is 0 Å². The van der Waals surface area contributed by atoms with E-state index in [0.29, 0.717) is 5.41 Å². The molecule has 0 aromatic carbocycles. The zero-order valence-corrected chi connectivity index (χ0v) is 13.2. The zero-order chi connectivity index (χ0) is 13.6. The van der Waals surface area contributed by atoms with Crippen molar-refractivity contribution in [3.63, 3.8) is 0 Å². The summed E-state index contributed by atoms with van der Waals surface area (Å²) in [4.78, 5) is 2.81. The third-order valence-electron chi connectivity index (χ3n) is 5.38. The molecule has 0 aromatic rings. The van der Waals surface area contributed by atoms with Gasteiger partial charge in [-0.2, -0.15) is 0 Å². The van der Waals surface area contributed by atoms with Gasteiger partial charge in [0.15, 0.2) is 0 Å². The third-order valence-corrected chi connectivity index (χ3v) is 5.38. The van der Waals surface area contributed by atoms with E-state index in [1.165, 1.54) is 84.0 Å². The molecule has 2 nitrogen and oxygen atoms in total. The fourth-order valence-corrected chi connectivity index (χ4v) is 4.25. The van der Waals surface area contributed by atoms with Crippen LogP contribution in [-0.4, -0.2) is 37.1 Å². The molecule has 19 heavy (non-hydrogen) atoms. The largest absolute Gasteiger partial charge is 0.316 e. The van der Waals surface area contributed by atoms with Gasteiger partial charge in [0.2, 0.25) is 0 Å². The first-order valence-corrected chi connectivity index (χ1v) is 8.74. The Labute approximate surface area is 120 Å². The van der Waals surface area contributed by atoms with Crippen LogP contribution < -0.4 is 5.32 Å². The van der Waals surface area contributed by atoms with E-state index >= 15 is 0 Å². The quantitative estimate of drug-likeness (QED) is 0.672. The lowest BCUT2D eigenvalue weighted by atomic mass is 9.84. The van der Waals surface area contributed by atoms with Gasteiger partial charge in [-0.1, -0.05) is 39.5 Å². The molecule has 0 amide bonds. The first kappa shape index (κ1) is 15.3. The summed E-state index contributed by atoms with van der Waals surface area (Å²) >= 11 is 0. The van der Waals surface area contributed by atoms with Gasteiger partial charge in [-0.25, -0.2) is 0 Å². The average Bonchev–Trinajstić information content (AvgIpc) is 3.08. The van der Waals surface area contributed by atoms with Crippen LogP contribution in [0.1, 0.15) is 71.6 Å². The standard InChI is InChI=1S/C17H34N2/c1-3-13-18-14-17(11-7-8-12-17)15-19(4-2)16-9-5-6-10-16/h16,18H,3-15H2,1-2H3. The Hall–Kier alpha value is -0.0800. The summed E-state index contributed by atoms with van der Waals surface area (Å²) in [5.74, 6) is 0. The van der Waals surface area contributed by atoms with E-state index in [-0.39, 0.29) is 0 Å². The van der Waals surface area contributed by atoms with Gasteiger partial charge in [-0.05, 0) is 50.6 Å². The summed E-state index contributed by atoms with van der Waals surface area (Å²) in [6.07, 6.45) is 12.9. The van der Waals surface area contributed by atoms with Crippen molar-refractivity contribution in [2.24, 2.45) is 5.41 Å². The first-order valence-electron chi connectivity index (χ1n) is 8.74. The molecule has 1 N–H and O–H groups in total. The van der Waals surface area contributed by atoms with Crippen molar-refractivity contribution < 1.29 is 0 Å². The lowest BCUT2D eigenvalue weighted by molar-refractivity contribution is 0.115. The van der Waals surface area contributed by atoms with Crippen LogP contribution in [0, 0.1) is 5.41 Å². The summed E-state index contributed by atoms with van der Waals surface area (Å²) in [5, 5.41) is 3.71. The topological polar surface area (TPSA) is 15.3 Å². The molecule has 0 radical (unpaired) electrons. The van der Waals surface area contributed by atoms with Crippen molar-refractivity contribution in [3.05, 3.63) is 0 Å². The van der Waals surface area contributed by atoms with Crippen LogP contribution in [0.3, 0.4) is 0 Å². The van der Waals surface area contributed by atoms with E-state index in [4.69, 9.17) is 0 Å². The zero-order valence-electron chi connectivity index (χ0n) is 13.2. The molecule has 0 bridgehead atoms. The second-order valence-electron chi connectivity index (χ2n) is 6.89. The molecule has 0 atom stereocenters. The van der Waals surface area contributed by atoms with Gasteiger partial charge < -0.3 is 10.2 Å². The highest BCUT2D eigenvalue weighted by Crippen LogP contribution is 2.39. The molecule has 0 spiro atoms. The summed E-state index contributed by atoms with van der Waals surface area (Å²) in [6, 6.07) is 0.897. The van der Waals surface area contributed by atoms with Crippen LogP contribution in [0.2, 0.25) is 0 Å². The highest BCUT2D eigenvalue weighted by Gasteiger charge is 2.36. The molecule has 0 heterocycles. The third kappa shape index (κ3) is 4.19. The monoisotopic (exact) mass is 266 g/mol. The second-order valence-corrected chi connectivity index (χ2v) is 6.89. The van der Waals surface area contributed by atoms with Crippen molar-refractivity contribution in [1.29, 1.82) is 0 Å². The molecule has 0 unspecified atom stereocenters. The Balaban J connectivity index is 1.90. The van der Waals surface area contributed by atoms with Crippen molar-refractivity contribution in [3.8, 4) is 0 Å². The normalized spacial score (nSPS) is 23.5. The van der Waals surface area contributed by atoms with Crippen LogP contribution in [-0.2, 0) is 0 Å². The number of hydrogen-bond acceptors (Lipinski definition) is 2. The van der Waals surface area contributed by atoms with Crippen molar-refractivity contribution in [2.45, 2.75) is 77.7 Å². The molecule has 2 aliphatic carbocycles. The molecule has 0 aliphatic heterocycles. The van der Waals surface area contributed by atoms with Crippen LogP contribution in [0.4, 0.5) is 0 Å². The molecule has 2 saturated carbocycles. The van der Waals surface area contributed by atoms with Gasteiger partial charge in [0.05, 0.1) is 0 Å². The van der Waals surface area contributed by atoms with E-state index in [0.717, 1.165) is 6.04 Å². The number of hydrogen-bond donors (Lipinski definition) is 1. The smallest absolute Gasteiger partial charge is 0.00953 e. The van der Waals surface area contributed by atoms with Crippen LogP contribution >= 0.6 is 0 Å². The number of nitrogens with zero attached hydrogens (tertiary/aromatic N) is 1. The maximum Gasteiger partial charge on any atom is 0.00953 e. The minimum atomic E-state index is 0.591. The van der Waals surface area contributed by atoms with Crippen LogP contribution in [0.15, 0.2) is 0 Å². The molecule has 112 valence electrons. The predicted octanol–water partition coefficient (Wildman–Crippen LogP) is 3.81. The maximum absolute atomic E-state index is 3.71. The minimum Gasteiger partial charge on any atom is -0.316 e. The molecule has 2 fully saturated rings. The van der Waals surface area contributed by atoms with E-state index in [1.54, 1.807) is 0 Å². The van der Waals surface area contributed by atoms with Gasteiger partial charge in [-0.3, -0.25) is 0 Å². The predicted molar refractivity (Wildman–Crippen MR) is 83.6 cm³/mol. The fourth-order valence-electron chi connectivity index (χ4n) is 4.25. The first-order chi connectivity index (χ1) is 9.29. The number of nitrogens with one attached hydrogen (secondary N) is 1. The summed E-state index contributed by atoms with van der Waals surface area (Å²) in [7, 11) is 0. The van der Waals surface area contributed by atoms with E-state index in [1.807, 2.05) is 0 Å². The molecule has 0 aromatic heterocycles. The SMILES string of the molecule is CCCNCC1(CN(CC)C2CCCC2)CCCC1. The summed E-state index contributed by atoms with van der Waals surface area (Å²) in [5.41, 5.74) is 0.591. The Morgan fingerprint density at radius 2 is 1.74 bits per heavy atom. The second kappa shape index (κ2) is 7.64. The van der Waals surface area contributed by atoms with Crippen LogP contribution in [0.25, 0.3) is 0 Å². The Kier molecular flexibility index (Phi) is 6.15. The van der Waals surface area contributed by atoms with E-state index in [2.05, 4.69) is 24.1 Å². The summed E-state index contributed by atoms with van der Waals surface area (Å²) in [6.45, 7) is 9.68. The fraction of sp³-hybridized carbons (Fsp3) is 1.00. The van der Waals surface area contributed by atoms with Crippen LogP contribution in [0.5, 0.6) is 0 Å². The van der Waals surface area contributed by atoms with Gasteiger partial charge >= 0.3 is 0 Å². The lowest BCUT2D eigenvalue weighted by Gasteiger charge is -2.38. The maximum atomic E-state index is 3.71. The average molecular weight is 266 g/mol. The highest BCUT2D eigenvalue weighted by molar-refractivity contribution is 4.91. The van der Waals surface area contributed by atoms with Gasteiger partial charge in [0, 0.05) is 19.1 Å². The Morgan fingerprint density at radius 1 is 1.05 bits per heavy atom. The highest BCUT2D eigenvalue weighted by atomic mass is 15.2. The molecule has 0 saturated heterocycles. The van der Waals surface area contributed by atoms with Crippen molar-refractivity contribution >= 4 is 0 Å². The summed E-state index contributed by atoms with van der Waals surface area (Å²) < 4.78 is 0. The molecular weight excluding hydrogens is 232 g/mol. The molecular formula is C17H34N2. The molecule has 2 aliphatic rings. The van der Waals surface area contributed by atoms with Crippen molar-refractivity contribution in [2.75, 3.05) is 26.2 Å². The molecule has 2 heteroatoms. The van der Waals surface area contributed by atoms with Crippen molar-refractivity contribution in [1.82, 2.24) is 10.2 Å². The molecule has 2 rings (SSSR count). The minimum absolute atomic E-state index is 0.591. The number of rotatable bonds is 8. The lowest BCUT2D eigenvalue weighted by Crippen LogP contribution is -2.46. The Morgan fingerprint density at radius 3 is 2.32 bits per heavy atom. The Bertz CT molecular complexity index is 240. The van der Waals surface area contributed by atoms with Gasteiger partial charge in [0.1, 0.15) is 0 Å². The van der Waals surface area contributed by atoms with Gasteiger partial charge in [0.25, 0.3) is 0 Å². The van der Waals surface area contributed by atoms with E-state index < -0.39 is 0 Å².